The lowest BCUT2D eigenvalue weighted by Gasteiger charge is -2.28. The standard InChI is InChI=1S/C10H20O/c1-8(2)10(4,5)7-6-9(3)11/h8H,6-7H2,1-5H3. The van der Waals surface area contributed by atoms with Crippen molar-refractivity contribution in [3.63, 3.8) is 0 Å². The van der Waals surface area contributed by atoms with E-state index in [9.17, 15) is 4.79 Å². The summed E-state index contributed by atoms with van der Waals surface area (Å²) in [6.45, 7) is 10.5. The third-order valence-corrected chi connectivity index (χ3v) is 2.68. The van der Waals surface area contributed by atoms with Gasteiger partial charge in [0, 0.05) is 6.42 Å². The van der Waals surface area contributed by atoms with Crippen LogP contribution in [-0.2, 0) is 4.79 Å². The molecule has 0 bridgehead atoms. The lowest BCUT2D eigenvalue weighted by Crippen LogP contribution is -2.19. The Morgan fingerprint density at radius 1 is 1.36 bits per heavy atom. The fourth-order valence-corrected chi connectivity index (χ4v) is 0.787. The molecule has 0 spiro atoms. The molecule has 0 aliphatic carbocycles. The van der Waals surface area contributed by atoms with Crippen LogP contribution in [-0.4, -0.2) is 5.78 Å². The number of hydrogen-bond acceptors (Lipinski definition) is 1. The normalized spacial score (nSPS) is 12.2. The second kappa shape index (κ2) is 3.89. The molecular weight excluding hydrogens is 136 g/mol. The molecule has 0 aliphatic heterocycles. The summed E-state index contributed by atoms with van der Waals surface area (Å²) in [5.74, 6) is 0.959. The van der Waals surface area contributed by atoms with Gasteiger partial charge >= 0.3 is 0 Å². The van der Waals surface area contributed by atoms with Gasteiger partial charge in [-0.3, -0.25) is 0 Å². The zero-order chi connectivity index (χ0) is 9.07. The van der Waals surface area contributed by atoms with Gasteiger partial charge in [0.25, 0.3) is 0 Å². The summed E-state index contributed by atoms with van der Waals surface area (Å²) >= 11 is 0. The number of ketones is 1. The quantitative estimate of drug-likeness (QED) is 0.611. The van der Waals surface area contributed by atoms with E-state index in [1.807, 2.05) is 0 Å². The molecule has 0 fully saturated rings. The Bertz CT molecular complexity index is 134. The molecule has 66 valence electrons. The van der Waals surface area contributed by atoms with E-state index in [0.29, 0.717) is 17.1 Å². The van der Waals surface area contributed by atoms with Crippen LogP contribution in [0.3, 0.4) is 0 Å². The molecule has 0 atom stereocenters. The number of rotatable bonds is 4. The van der Waals surface area contributed by atoms with E-state index in [1.54, 1.807) is 6.92 Å². The zero-order valence-corrected chi connectivity index (χ0v) is 8.40. The van der Waals surface area contributed by atoms with Crippen LogP contribution in [0.25, 0.3) is 0 Å². The summed E-state index contributed by atoms with van der Waals surface area (Å²) < 4.78 is 0. The van der Waals surface area contributed by atoms with E-state index >= 15 is 0 Å². The minimum atomic E-state index is 0.304. The molecular formula is C10H20O. The second-order valence-electron chi connectivity index (χ2n) is 4.35. The van der Waals surface area contributed by atoms with Crippen molar-refractivity contribution in [3.8, 4) is 0 Å². The van der Waals surface area contributed by atoms with Gasteiger partial charge in [0.05, 0.1) is 0 Å². The third kappa shape index (κ3) is 4.18. The van der Waals surface area contributed by atoms with Crippen LogP contribution in [0.15, 0.2) is 0 Å². The van der Waals surface area contributed by atoms with E-state index in [4.69, 9.17) is 0 Å². The summed E-state index contributed by atoms with van der Waals surface area (Å²) in [4.78, 5) is 10.7. The van der Waals surface area contributed by atoms with E-state index in [2.05, 4.69) is 27.7 Å². The van der Waals surface area contributed by atoms with Crippen molar-refractivity contribution < 1.29 is 4.79 Å². The van der Waals surface area contributed by atoms with Gasteiger partial charge in [0.1, 0.15) is 5.78 Å². The fraction of sp³-hybridized carbons (Fsp3) is 0.900. The minimum Gasteiger partial charge on any atom is -0.300 e. The Morgan fingerprint density at radius 3 is 2.09 bits per heavy atom. The lowest BCUT2D eigenvalue weighted by molar-refractivity contribution is -0.117. The predicted octanol–water partition coefficient (Wildman–Crippen LogP) is 3.04. The van der Waals surface area contributed by atoms with Crippen LogP contribution >= 0.6 is 0 Å². The molecule has 0 aromatic carbocycles. The molecule has 11 heavy (non-hydrogen) atoms. The maximum Gasteiger partial charge on any atom is 0.129 e. The van der Waals surface area contributed by atoms with E-state index in [-0.39, 0.29) is 0 Å². The Morgan fingerprint density at radius 2 is 1.82 bits per heavy atom. The maximum atomic E-state index is 10.7. The van der Waals surface area contributed by atoms with Crippen molar-refractivity contribution in [1.29, 1.82) is 0 Å². The lowest BCUT2D eigenvalue weighted by atomic mass is 9.77. The molecule has 0 heterocycles. The number of Topliss-reactive ketones (excluding diaryl/α,β-unsaturated/α-hetero) is 1. The Balaban J connectivity index is 3.82. The van der Waals surface area contributed by atoms with Crippen LogP contribution in [0.2, 0.25) is 0 Å². The van der Waals surface area contributed by atoms with Crippen molar-refractivity contribution in [2.45, 2.75) is 47.5 Å². The minimum absolute atomic E-state index is 0.304. The van der Waals surface area contributed by atoms with Crippen molar-refractivity contribution >= 4 is 5.78 Å². The molecule has 0 rings (SSSR count). The number of carbonyl (C=O) groups excluding carboxylic acids is 1. The molecule has 0 radical (unpaired) electrons. The number of carbonyl (C=O) groups is 1. The van der Waals surface area contributed by atoms with Crippen molar-refractivity contribution in [3.05, 3.63) is 0 Å². The first-order chi connectivity index (χ1) is 4.86. The topological polar surface area (TPSA) is 17.1 Å². The molecule has 0 unspecified atom stereocenters. The van der Waals surface area contributed by atoms with Gasteiger partial charge in [-0.25, -0.2) is 0 Å². The second-order valence-corrected chi connectivity index (χ2v) is 4.35. The van der Waals surface area contributed by atoms with Gasteiger partial charge in [0.15, 0.2) is 0 Å². The highest BCUT2D eigenvalue weighted by Gasteiger charge is 2.21. The highest BCUT2D eigenvalue weighted by atomic mass is 16.1. The first-order valence-corrected chi connectivity index (χ1v) is 4.35. The Hall–Kier alpha value is -0.330. The summed E-state index contributed by atoms with van der Waals surface area (Å²) in [5.41, 5.74) is 0.311. The molecule has 0 aromatic heterocycles. The van der Waals surface area contributed by atoms with Gasteiger partial charge in [-0.05, 0) is 24.7 Å². The first kappa shape index (κ1) is 10.7. The summed E-state index contributed by atoms with van der Waals surface area (Å²) in [6.07, 6.45) is 1.74. The van der Waals surface area contributed by atoms with Crippen LogP contribution < -0.4 is 0 Å². The molecule has 0 N–H and O–H groups in total. The zero-order valence-electron chi connectivity index (χ0n) is 8.40. The SMILES string of the molecule is CC(=O)CCC(C)(C)C(C)C. The largest absolute Gasteiger partial charge is 0.300 e. The Labute approximate surface area is 70.2 Å². The van der Waals surface area contributed by atoms with Gasteiger partial charge in [-0.15, -0.1) is 0 Å². The summed E-state index contributed by atoms with van der Waals surface area (Å²) in [5, 5.41) is 0. The molecule has 0 aliphatic rings. The van der Waals surface area contributed by atoms with Gasteiger partial charge in [0.2, 0.25) is 0 Å². The van der Waals surface area contributed by atoms with Crippen molar-refractivity contribution in [2.75, 3.05) is 0 Å². The van der Waals surface area contributed by atoms with Gasteiger partial charge in [-0.2, -0.15) is 0 Å². The Kier molecular flexibility index (Phi) is 3.77. The fourth-order valence-electron chi connectivity index (χ4n) is 0.787. The van der Waals surface area contributed by atoms with E-state index in [1.165, 1.54) is 0 Å². The van der Waals surface area contributed by atoms with E-state index < -0.39 is 0 Å². The molecule has 0 saturated carbocycles. The monoisotopic (exact) mass is 156 g/mol. The van der Waals surface area contributed by atoms with E-state index in [0.717, 1.165) is 12.8 Å². The summed E-state index contributed by atoms with van der Waals surface area (Å²) in [7, 11) is 0. The van der Waals surface area contributed by atoms with Crippen LogP contribution in [0.5, 0.6) is 0 Å². The van der Waals surface area contributed by atoms with Crippen LogP contribution in [0.4, 0.5) is 0 Å². The number of hydrogen-bond donors (Lipinski definition) is 0. The smallest absolute Gasteiger partial charge is 0.129 e. The highest BCUT2D eigenvalue weighted by Crippen LogP contribution is 2.31. The van der Waals surface area contributed by atoms with Crippen molar-refractivity contribution in [1.82, 2.24) is 0 Å². The molecule has 1 nitrogen and oxygen atoms in total. The molecule has 0 aromatic rings. The van der Waals surface area contributed by atoms with Crippen molar-refractivity contribution in [2.24, 2.45) is 11.3 Å². The molecule has 0 amide bonds. The maximum absolute atomic E-state index is 10.7. The average molecular weight is 156 g/mol. The molecule has 1 heteroatoms. The first-order valence-electron chi connectivity index (χ1n) is 4.35. The molecule has 0 saturated heterocycles. The third-order valence-electron chi connectivity index (χ3n) is 2.68. The van der Waals surface area contributed by atoms with Crippen LogP contribution in [0.1, 0.15) is 47.5 Å². The highest BCUT2D eigenvalue weighted by molar-refractivity contribution is 5.75. The van der Waals surface area contributed by atoms with Gasteiger partial charge in [-0.1, -0.05) is 27.7 Å². The predicted molar refractivity (Wildman–Crippen MR) is 48.5 cm³/mol. The van der Waals surface area contributed by atoms with Crippen LogP contribution in [0, 0.1) is 11.3 Å². The average Bonchev–Trinajstić information content (AvgIpc) is 1.84. The van der Waals surface area contributed by atoms with Gasteiger partial charge < -0.3 is 4.79 Å². The summed E-state index contributed by atoms with van der Waals surface area (Å²) in [6, 6.07) is 0.